The van der Waals surface area contributed by atoms with Crippen molar-refractivity contribution < 1.29 is 15.0 Å². The number of aliphatic hydroxyl groups is 2. The van der Waals surface area contributed by atoms with E-state index in [1.807, 2.05) is 6.08 Å². The van der Waals surface area contributed by atoms with Crippen molar-refractivity contribution in [2.75, 3.05) is 6.61 Å². The van der Waals surface area contributed by atoms with Crippen molar-refractivity contribution in [1.29, 1.82) is 0 Å². The summed E-state index contributed by atoms with van der Waals surface area (Å²) in [7, 11) is 0. The van der Waals surface area contributed by atoms with Gasteiger partial charge in [0.15, 0.2) is 0 Å². The van der Waals surface area contributed by atoms with E-state index in [1.165, 1.54) is 295 Å². The van der Waals surface area contributed by atoms with Gasteiger partial charge in [-0.15, -0.1) is 0 Å². The summed E-state index contributed by atoms with van der Waals surface area (Å²) in [6.45, 7) is 4.23. The average molecular weight is 1090 g/mol. The summed E-state index contributed by atoms with van der Waals surface area (Å²) in [6.07, 6.45) is 99.9. The van der Waals surface area contributed by atoms with Crippen LogP contribution in [0.25, 0.3) is 0 Å². The van der Waals surface area contributed by atoms with Crippen LogP contribution in [0.1, 0.15) is 373 Å². The van der Waals surface area contributed by atoms with Crippen molar-refractivity contribution in [3.63, 3.8) is 0 Å². The van der Waals surface area contributed by atoms with E-state index in [0.717, 1.165) is 57.8 Å². The van der Waals surface area contributed by atoms with Crippen LogP contribution < -0.4 is 5.32 Å². The van der Waals surface area contributed by atoms with Crippen LogP contribution in [0.2, 0.25) is 0 Å². The molecule has 0 bridgehead atoms. The second-order valence-corrected chi connectivity index (χ2v) is 23.9. The molecule has 0 rings (SSSR count). The Labute approximate surface area is 489 Å². The molecule has 0 aliphatic rings. The molecule has 0 spiro atoms. The molecule has 0 saturated heterocycles. The van der Waals surface area contributed by atoms with Gasteiger partial charge in [0.1, 0.15) is 0 Å². The third-order valence-electron chi connectivity index (χ3n) is 16.2. The van der Waals surface area contributed by atoms with Gasteiger partial charge < -0.3 is 15.5 Å². The zero-order chi connectivity index (χ0) is 56.2. The summed E-state index contributed by atoms with van der Waals surface area (Å²) >= 11 is 0. The van der Waals surface area contributed by atoms with Crippen LogP contribution in [0.5, 0.6) is 0 Å². The summed E-state index contributed by atoms with van der Waals surface area (Å²) in [6, 6.07) is -0.624. The van der Waals surface area contributed by atoms with Crippen LogP contribution >= 0.6 is 0 Å². The van der Waals surface area contributed by atoms with Crippen molar-refractivity contribution in [2.45, 2.75) is 386 Å². The molecule has 0 aromatic carbocycles. The maximum Gasteiger partial charge on any atom is 0.220 e. The second-order valence-electron chi connectivity index (χ2n) is 23.9. The van der Waals surface area contributed by atoms with Crippen LogP contribution in [0.15, 0.2) is 72.9 Å². The number of unbranched alkanes of at least 4 members (excludes halogenated alkanes) is 48. The minimum Gasteiger partial charge on any atom is -0.394 e. The first kappa shape index (κ1) is 75.8. The van der Waals surface area contributed by atoms with Crippen LogP contribution in [0.3, 0.4) is 0 Å². The molecule has 456 valence electrons. The quantitative estimate of drug-likeness (QED) is 0.0420. The van der Waals surface area contributed by atoms with Crippen LogP contribution in [-0.2, 0) is 4.79 Å². The van der Waals surface area contributed by atoms with Gasteiger partial charge in [-0.25, -0.2) is 0 Å². The topological polar surface area (TPSA) is 69.6 Å². The van der Waals surface area contributed by atoms with Gasteiger partial charge in [-0.2, -0.15) is 0 Å². The number of amides is 1. The number of rotatable bonds is 65. The molecule has 78 heavy (non-hydrogen) atoms. The lowest BCUT2D eigenvalue weighted by molar-refractivity contribution is -0.123. The molecule has 0 aromatic heterocycles. The molecule has 0 heterocycles. The highest BCUT2D eigenvalue weighted by molar-refractivity contribution is 5.76. The van der Waals surface area contributed by atoms with E-state index in [2.05, 4.69) is 79.9 Å². The van der Waals surface area contributed by atoms with Crippen molar-refractivity contribution in [2.24, 2.45) is 0 Å². The number of allylic oxidation sites excluding steroid dienone is 11. The van der Waals surface area contributed by atoms with Crippen molar-refractivity contribution in [3.05, 3.63) is 72.9 Å². The number of carbonyl (C=O) groups is 1. The maximum absolute atomic E-state index is 12.5. The lowest BCUT2D eigenvalue weighted by atomic mass is 10.0. The lowest BCUT2D eigenvalue weighted by Crippen LogP contribution is -2.45. The van der Waals surface area contributed by atoms with Gasteiger partial charge in [-0.3, -0.25) is 4.79 Å². The van der Waals surface area contributed by atoms with E-state index in [1.54, 1.807) is 6.08 Å². The highest BCUT2D eigenvalue weighted by atomic mass is 16.3. The van der Waals surface area contributed by atoms with Gasteiger partial charge in [-0.05, 0) is 64.2 Å². The van der Waals surface area contributed by atoms with Gasteiger partial charge in [-0.1, -0.05) is 376 Å². The Balaban J connectivity index is 3.43. The summed E-state index contributed by atoms with van der Waals surface area (Å²) < 4.78 is 0. The summed E-state index contributed by atoms with van der Waals surface area (Å²) in [4.78, 5) is 12.5. The van der Waals surface area contributed by atoms with Crippen molar-refractivity contribution in [1.82, 2.24) is 5.32 Å². The van der Waals surface area contributed by atoms with Crippen LogP contribution in [0.4, 0.5) is 0 Å². The molecule has 0 fully saturated rings. The SMILES string of the molecule is CC/C=C\C/C=C\C/C=C\C/C=C\C/C=C\CCCCCCCCCCCCCCCCCCCCCCCCCC(=O)NC(CO)C(O)/C=C/CCCCCCCCCCCCCCCCCCCCCCCCCCC. The molecule has 0 radical (unpaired) electrons. The average Bonchev–Trinajstić information content (AvgIpc) is 3.44. The van der Waals surface area contributed by atoms with E-state index in [-0.39, 0.29) is 12.5 Å². The lowest BCUT2D eigenvalue weighted by Gasteiger charge is -2.20. The Morgan fingerprint density at radius 2 is 0.564 bits per heavy atom. The molecular formula is C74H137NO3. The number of hydrogen-bond acceptors (Lipinski definition) is 3. The standard InChI is InChI=1S/C74H137NO3/c1-3-5-7-9-11-13-15-17-19-21-23-25-27-29-31-32-33-34-35-36-37-38-39-40-41-42-44-46-48-50-52-54-56-58-60-62-64-66-68-70-74(78)75-72(71-76)73(77)69-67-65-63-61-59-57-55-53-51-49-47-45-43-30-28-26-24-22-20-18-16-14-12-10-8-6-4-2/h5,7,11,13,17,19,23,25,29,31,67,69,72-73,76-77H,3-4,6,8-10,12,14-16,18,20-22,24,26-28,30,32-66,68,70-71H2,1-2H3,(H,75,78)/b7-5-,13-11-,19-17-,25-23-,31-29-,69-67+. The summed E-state index contributed by atoms with van der Waals surface area (Å²) in [5.41, 5.74) is 0. The Kier molecular flexibility index (Phi) is 67.2. The Morgan fingerprint density at radius 3 is 0.846 bits per heavy atom. The molecule has 2 atom stereocenters. The first-order chi connectivity index (χ1) is 38.7. The smallest absolute Gasteiger partial charge is 0.220 e. The molecule has 4 nitrogen and oxygen atoms in total. The van der Waals surface area contributed by atoms with Gasteiger partial charge >= 0.3 is 0 Å². The molecular weight excluding hydrogens is 951 g/mol. The molecule has 0 saturated carbocycles. The van der Waals surface area contributed by atoms with Gasteiger partial charge in [0.2, 0.25) is 5.91 Å². The van der Waals surface area contributed by atoms with E-state index in [4.69, 9.17) is 0 Å². The molecule has 0 aliphatic heterocycles. The molecule has 0 aromatic rings. The zero-order valence-corrected chi connectivity index (χ0v) is 52.7. The van der Waals surface area contributed by atoms with Gasteiger partial charge in [0, 0.05) is 6.42 Å². The van der Waals surface area contributed by atoms with Gasteiger partial charge in [0.25, 0.3) is 0 Å². The fraction of sp³-hybridized carbons (Fsp3) is 0.824. The second kappa shape index (κ2) is 69.1. The molecule has 1 amide bonds. The minimum atomic E-state index is -0.841. The monoisotopic (exact) mass is 1090 g/mol. The molecule has 3 N–H and O–H groups in total. The third kappa shape index (κ3) is 64.6. The van der Waals surface area contributed by atoms with Crippen molar-refractivity contribution in [3.8, 4) is 0 Å². The predicted molar refractivity (Wildman–Crippen MR) is 350 cm³/mol. The summed E-state index contributed by atoms with van der Waals surface area (Å²) in [5, 5.41) is 23.3. The van der Waals surface area contributed by atoms with Crippen LogP contribution in [0, 0.1) is 0 Å². The third-order valence-corrected chi connectivity index (χ3v) is 16.2. The predicted octanol–water partition coefficient (Wildman–Crippen LogP) is 24.0. The van der Waals surface area contributed by atoms with Crippen molar-refractivity contribution >= 4 is 5.91 Å². The zero-order valence-electron chi connectivity index (χ0n) is 52.7. The molecule has 2 unspecified atom stereocenters. The normalized spacial score (nSPS) is 13.1. The highest BCUT2D eigenvalue weighted by Crippen LogP contribution is 2.19. The number of aliphatic hydroxyl groups excluding tert-OH is 2. The van der Waals surface area contributed by atoms with Gasteiger partial charge in [0.05, 0.1) is 18.8 Å². The first-order valence-corrected chi connectivity index (χ1v) is 35.2. The fourth-order valence-corrected chi connectivity index (χ4v) is 10.9. The first-order valence-electron chi connectivity index (χ1n) is 35.2. The van der Waals surface area contributed by atoms with Crippen LogP contribution in [-0.4, -0.2) is 34.9 Å². The molecule has 0 aliphatic carbocycles. The van der Waals surface area contributed by atoms with E-state index < -0.39 is 12.1 Å². The number of carbonyl (C=O) groups excluding carboxylic acids is 1. The summed E-state index contributed by atoms with van der Waals surface area (Å²) in [5.74, 6) is -0.0572. The number of hydrogen-bond donors (Lipinski definition) is 3. The Morgan fingerprint density at radius 1 is 0.321 bits per heavy atom. The number of nitrogens with one attached hydrogen (secondary N) is 1. The Hall–Kier alpha value is -2.17. The largest absolute Gasteiger partial charge is 0.394 e. The Bertz CT molecular complexity index is 1330. The minimum absolute atomic E-state index is 0.0572. The molecule has 4 heteroatoms. The maximum atomic E-state index is 12.5. The van der Waals surface area contributed by atoms with E-state index in [9.17, 15) is 15.0 Å². The highest BCUT2D eigenvalue weighted by Gasteiger charge is 2.18. The van der Waals surface area contributed by atoms with E-state index in [0.29, 0.717) is 6.42 Å². The van der Waals surface area contributed by atoms with E-state index >= 15 is 0 Å². The fourth-order valence-electron chi connectivity index (χ4n) is 10.9.